The molecule has 0 saturated carbocycles. The third-order valence-electron chi connectivity index (χ3n) is 3.78. The highest BCUT2D eigenvalue weighted by molar-refractivity contribution is 9.10. The van der Waals surface area contributed by atoms with E-state index in [-0.39, 0.29) is 7.43 Å². The number of pyridine rings is 1. The van der Waals surface area contributed by atoms with Crippen molar-refractivity contribution in [2.75, 3.05) is 18.5 Å². The fourth-order valence-electron chi connectivity index (χ4n) is 2.69. The van der Waals surface area contributed by atoms with Gasteiger partial charge in [-0.05, 0) is 38.1 Å². The first-order chi connectivity index (χ1) is 12.7. The van der Waals surface area contributed by atoms with Crippen molar-refractivity contribution >= 4 is 38.2 Å². The van der Waals surface area contributed by atoms with E-state index in [2.05, 4.69) is 32.2 Å². The maximum Gasteiger partial charge on any atom is 0.163 e. The summed E-state index contributed by atoms with van der Waals surface area (Å²) in [6.07, 6.45) is 7.40. The summed E-state index contributed by atoms with van der Waals surface area (Å²) in [5.74, 6) is 4.06. The quantitative estimate of drug-likeness (QED) is 0.479. The molecule has 2 aromatic carbocycles. The number of ether oxygens (including phenoxy) is 2. The van der Waals surface area contributed by atoms with Crippen molar-refractivity contribution in [3.05, 3.63) is 52.6 Å². The summed E-state index contributed by atoms with van der Waals surface area (Å²) in [5, 5.41) is 4.30. The SMILES string of the molecule is C.C#Cc1cnc2cc(OCC)c(OCC)cc2c1Nc1cccc(Br)c1. The highest BCUT2D eigenvalue weighted by Gasteiger charge is 2.14. The molecule has 1 aromatic heterocycles. The van der Waals surface area contributed by atoms with Crippen molar-refractivity contribution < 1.29 is 9.47 Å². The van der Waals surface area contributed by atoms with E-state index in [9.17, 15) is 0 Å². The summed E-state index contributed by atoms with van der Waals surface area (Å²) in [6, 6.07) is 11.7. The molecule has 0 unspecified atom stereocenters. The number of terminal acetylenes is 1. The van der Waals surface area contributed by atoms with Gasteiger partial charge < -0.3 is 14.8 Å². The normalized spacial score (nSPS) is 10.0. The fraction of sp³-hybridized carbons (Fsp3) is 0.227. The number of hydrogen-bond donors (Lipinski definition) is 1. The predicted molar refractivity (Wildman–Crippen MR) is 116 cm³/mol. The molecule has 0 atom stereocenters. The Hall–Kier alpha value is -2.71. The lowest BCUT2D eigenvalue weighted by Crippen LogP contribution is -2.01. The monoisotopic (exact) mass is 426 g/mol. The van der Waals surface area contributed by atoms with E-state index < -0.39 is 0 Å². The van der Waals surface area contributed by atoms with Gasteiger partial charge in [-0.25, -0.2) is 0 Å². The van der Waals surface area contributed by atoms with Crippen LogP contribution in [0.5, 0.6) is 11.5 Å². The number of hydrogen-bond acceptors (Lipinski definition) is 4. The number of anilines is 2. The van der Waals surface area contributed by atoms with Gasteiger partial charge in [-0.15, -0.1) is 6.42 Å². The molecule has 1 N–H and O–H groups in total. The molecule has 0 aliphatic carbocycles. The number of fused-ring (bicyclic) bond motifs is 1. The average Bonchev–Trinajstić information content (AvgIpc) is 2.63. The second-order valence-electron chi connectivity index (χ2n) is 5.51. The Morgan fingerprint density at radius 2 is 1.81 bits per heavy atom. The summed E-state index contributed by atoms with van der Waals surface area (Å²) >= 11 is 3.49. The Balaban J connectivity index is 0.00000261. The standard InChI is InChI=1S/C21H19BrN2O2.CH4/c1-4-14-13-23-18-12-20(26-6-3)19(25-5-2)11-17(18)21(14)24-16-9-7-8-15(22)10-16;/h1,7-13H,5-6H2,2-3H3,(H,23,24);1H4. The third kappa shape index (κ3) is 4.53. The Morgan fingerprint density at radius 3 is 2.44 bits per heavy atom. The largest absolute Gasteiger partial charge is 0.490 e. The lowest BCUT2D eigenvalue weighted by atomic mass is 10.1. The van der Waals surface area contributed by atoms with Crippen LogP contribution in [-0.2, 0) is 0 Å². The number of nitrogens with zero attached hydrogens (tertiary/aromatic N) is 1. The van der Waals surface area contributed by atoms with Crippen LogP contribution >= 0.6 is 15.9 Å². The third-order valence-corrected chi connectivity index (χ3v) is 4.28. The van der Waals surface area contributed by atoms with Crippen LogP contribution in [0, 0.1) is 12.3 Å². The molecule has 0 radical (unpaired) electrons. The topological polar surface area (TPSA) is 43.4 Å². The summed E-state index contributed by atoms with van der Waals surface area (Å²) in [5.41, 5.74) is 3.22. The number of aromatic nitrogens is 1. The Labute approximate surface area is 169 Å². The highest BCUT2D eigenvalue weighted by atomic mass is 79.9. The lowest BCUT2D eigenvalue weighted by Gasteiger charge is -2.16. The van der Waals surface area contributed by atoms with Crippen molar-refractivity contribution in [1.29, 1.82) is 0 Å². The van der Waals surface area contributed by atoms with Crippen LogP contribution in [0.25, 0.3) is 10.9 Å². The molecule has 3 aromatic rings. The number of nitrogens with one attached hydrogen (secondary N) is 1. The van der Waals surface area contributed by atoms with Gasteiger partial charge in [-0.1, -0.05) is 35.3 Å². The van der Waals surface area contributed by atoms with Crippen LogP contribution in [0.15, 0.2) is 47.1 Å². The van der Waals surface area contributed by atoms with Gasteiger partial charge in [0.1, 0.15) is 0 Å². The van der Waals surface area contributed by atoms with Crippen molar-refractivity contribution in [2.24, 2.45) is 0 Å². The number of halogens is 1. The van der Waals surface area contributed by atoms with E-state index in [1.54, 1.807) is 6.20 Å². The van der Waals surface area contributed by atoms with Gasteiger partial charge in [0.15, 0.2) is 11.5 Å². The van der Waals surface area contributed by atoms with Crippen LogP contribution in [0.3, 0.4) is 0 Å². The minimum absolute atomic E-state index is 0. The molecule has 0 bridgehead atoms. The molecule has 140 valence electrons. The summed E-state index contributed by atoms with van der Waals surface area (Å²) in [6.45, 7) is 4.98. The van der Waals surface area contributed by atoms with Gasteiger partial charge in [0, 0.05) is 27.8 Å². The zero-order valence-corrected chi connectivity index (χ0v) is 16.3. The van der Waals surface area contributed by atoms with Crippen LogP contribution in [-0.4, -0.2) is 18.2 Å². The van der Waals surface area contributed by atoms with Crippen LogP contribution in [0.2, 0.25) is 0 Å². The van der Waals surface area contributed by atoms with Crippen LogP contribution < -0.4 is 14.8 Å². The molecule has 27 heavy (non-hydrogen) atoms. The molecule has 4 nitrogen and oxygen atoms in total. The molecular weight excluding hydrogens is 404 g/mol. The van der Waals surface area contributed by atoms with E-state index in [1.807, 2.05) is 50.2 Å². The van der Waals surface area contributed by atoms with E-state index in [4.69, 9.17) is 15.9 Å². The van der Waals surface area contributed by atoms with Gasteiger partial charge in [0.25, 0.3) is 0 Å². The maximum atomic E-state index is 5.76. The molecule has 0 fully saturated rings. The molecule has 1 heterocycles. The molecule has 0 amide bonds. The lowest BCUT2D eigenvalue weighted by molar-refractivity contribution is 0.288. The van der Waals surface area contributed by atoms with Crippen molar-refractivity contribution in [3.8, 4) is 23.8 Å². The first-order valence-electron chi connectivity index (χ1n) is 8.37. The number of rotatable bonds is 6. The minimum atomic E-state index is 0. The van der Waals surface area contributed by atoms with E-state index in [1.165, 1.54) is 0 Å². The van der Waals surface area contributed by atoms with Gasteiger partial charge in [0.2, 0.25) is 0 Å². The van der Waals surface area contributed by atoms with Crippen LogP contribution in [0.1, 0.15) is 26.8 Å². The smallest absolute Gasteiger partial charge is 0.163 e. The molecule has 5 heteroatoms. The molecule has 3 rings (SSSR count). The molecule has 0 saturated heterocycles. The van der Waals surface area contributed by atoms with Gasteiger partial charge in [-0.2, -0.15) is 0 Å². The first kappa shape index (κ1) is 20.6. The summed E-state index contributed by atoms with van der Waals surface area (Å²) in [7, 11) is 0. The minimum Gasteiger partial charge on any atom is -0.490 e. The summed E-state index contributed by atoms with van der Waals surface area (Å²) in [4.78, 5) is 4.49. The predicted octanol–water partition coefficient (Wildman–Crippen LogP) is 6.16. The van der Waals surface area contributed by atoms with Gasteiger partial charge in [0.05, 0.1) is 30.0 Å². The van der Waals surface area contributed by atoms with Crippen molar-refractivity contribution in [2.45, 2.75) is 21.3 Å². The van der Waals surface area contributed by atoms with Gasteiger partial charge >= 0.3 is 0 Å². The fourth-order valence-corrected chi connectivity index (χ4v) is 3.09. The second-order valence-corrected chi connectivity index (χ2v) is 6.42. The molecular formula is C22H23BrN2O2. The van der Waals surface area contributed by atoms with Crippen molar-refractivity contribution in [3.63, 3.8) is 0 Å². The number of benzene rings is 2. The average molecular weight is 427 g/mol. The maximum absolute atomic E-state index is 5.76. The Bertz CT molecular complexity index is 980. The van der Waals surface area contributed by atoms with E-state index >= 15 is 0 Å². The molecule has 0 aliphatic heterocycles. The zero-order chi connectivity index (χ0) is 18.5. The van der Waals surface area contributed by atoms with E-state index in [0.717, 1.165) is 26.8 Å². The first-order valence-corrected chi connectivity index (χ1v) is 9.17. The van der Waals surface area contributed by atoms with Crippen molar-refractivity contribution in [1.82, 2.24) is 4.98 Å². The van der Waals surface area contributed by atoms with Crippen LogP contribution in [0.4, 0.5) is 11.4 Å². The second kappa shape index (κ2) is 9.29. The molecule has 0 aliphatic rings. The highest BCUT2D eigenvalue weighted by Crippen LogP contribution is 2.37. The zero-order valence-electron chi connectivity index (χ0n) is 14.7. The summed E-state index contributed by atoms with van der Waals surface area (Å²) < 4.78 is 12.4. The molecule has 0 spiro atoms. The Kier molecular flexibility index (Phi) is 7.09. The van der Waals surface area contributed by atoms with E-state index in [0.29, 0.717) is 30.3 Å². The Morgan fingerprint density at radius 1 is 1.11 bits per heavy atom. The van der Waals surface area contributed by atoms with Gasteiger partial charge in [-0.3, -0.25) is 4.98 Å².